The van der Waals surface area contributed by atoms with Crippen molar-refractivity contribution in [1.29, 1.82) is 0 Å². The first-order valence-corrected chi connectivity index (χ1v) is 9.08. The molecule has 0 aromatic heterocycles. The third kappa shape index (κ3) is 3.91. The summed E-state index contributed by atoms with van der Waals surface area (Å²) in [6.07, 6.45) is 3.73. The molecule has 0 radical (unpaired) electrons. The van der Waals surface area contributed by atoms with Crippen molar-refractivity contribution in [3.8, 4) is 0 Å². The van der Waals surface area contributed by atoms with Gasteiger partial charge in [-0.05, 0) is 40.0 Å². The standard InChI is InChI=1S/C18H32N2O4/c1-5-24-17(2,3)15(21)19-10-7-11-20(13-12-19)16(22)18(14-23-4)8-6-9-18/h5-14H2,1-4H3. The van der Waals surface area contributed by atoms with Gasteiger partial charge in [0.15, 0.2) is 0 Å². The predicted octanol–water partition coefficient (Wildman–Crippen LogP) is 1.68. The molecule has 1 saturated heterocycles. The Morgan fingerprint density at radius 3 is 2.21 bits per heavy atom. The second-order valence-corrected chi connectivity index (χ2v) is 7.45. The second kappa shape index (κ2) is 7.83. The van der Waals surface area contributed by atoms with Gasteiger partial charge in [-0.3, -0.25) is 9.59 Å². The van der Waals surface area contributed by atoms with Crippen molar-refractivity contribution in [3.63, 3.8) is 0 Å². The molecule has 2 rings (SSSR count). The van der Waals surface area contributed by atoms with Crippen LogP contribution in [0, 0.1) is 5.41 Å². The van der Waals surface area contributed by atoms with E-state index in [-0.39, 0.29) is 17.2 Å². The van der Waals surface area contributed by atoms with Gasteiger partial charge in [-0.1, -0.05) is 6.42 Å². The van der Waals surface area contributed by atoms with Crippen LogP contribution in [0.2, 0.25) is 0 Å². The van der Waals surface area contributed by atoms with Crippen molar-refractivity contribution >= 4 is 11.8 Å². The number of rotatable bonds is 6. The van der Waals surface area contributed by atoms with E-state index in [4.69, 9.17) is 9.47 Å². The summed E-state index contributed by atoms with van der Waals surface area (Å²) in [5.74, 6) is 0.211. The zero-order valence-corrected chi connectivity index (χ0v) is 15.6. The maximum absolute atomic E-state index is 12.9. The minimum atomic E-state index is -0.806. The molecule has 6 nitrogen and oxygen atoms in total. The highest BCUT2D eigenvalue weighted by atomic mass is 16.5. The molecule has 24 heavy (non-hydrogen) atoms. The molecule has 2 amide bonds. The number of hydrogen-bond acceptors (Lipinski definition) is 4. The molecule has 0 spiro atoms. The fraction of sp³-hybridized carbons (Fsp3) is 0.889. The number of carbonyl (C=O) groups is 2. The number of methoxy groups -OCH3 is 1. The summed E-state index contributed by atoms with van der Waals surface area (Å²) in [6, 6.07) is 0. The first-order valence-electron chi connectivity index (χ1n) is 9.08. The Morgan fingerprint density at radius 1 is 1.04 bits per heavy atom. The molecule has 0 aromatic rings. The Morgan fingerprint density at radius 2 is 1.67 bits per heavy atom. The van der Waals surface area contributed by atoms with E-state index in [1.165, 1.54) is 0 Å². The molecule has 2 fully saturated rings. The Bertz CT molecular complexity index is 460. The van der Waals surface area contributed by atoms with E-state index >= 15 is 0 Å². The summed E-state index contributed by atoms with van der Waals surface area (Å²) >= 11 is 0. The van der Waals surface area contributed by atoms with E-state index in [0.29, 0.717) is 39.4 Å². The third-order valence-corrected chi connectivity index (χ3v) is 5.28. The van der Waals surface area contributed by atoms with Gasteiger partial charge < -0.3 is 19.3 Å². The van der Waals surface area contributed by atoms with Crippen molar-refractivity contribution < 1.29 is 19.1 Å². The van der Waals surface area contributed by atoms with E-state index in [2.05, 4.69) is 0 Å². The van der Waals surface area contributed by atoms with E-state index < -0.39 is 5.60 Å². The molecule has 1 aliphatic heterocycles. The van der Waals surface area contributed by atoms with Crippen LogP contribution in [-0.4, -0.2) is 73.7 Å². The summed E-state index contributed by atoms with van der Waals surface area (Å²) in [6.45, 7) is 9.09. The van der Waals surface area contributed by atoms with Gasteiger partial charge >= 0.3 is 0 Å². The minimum Gasteiger partial charge on any atom is -0.384 e. The van der Waals surface area contributed by atoms with Crippen LogP contribution in [0.25, 0.3) is 0 Å². The van der Waals surface area contributed by atoms with Gasteiger partial charge in [0.1, 0.15) is 5.60 Å². The zero-order chi connectivity index (χ0) is 17.8. The molecule has 138 valence electrons. The van der Waals surface area contributed by atoms with Crippen LogP contribution in [-0.2, 0) is 19.1 Å². The maximum Gasteiger partial charge on any atom is 0.254 e. The van der Waals surface area contributed by atoms with Crippen molar-refractivity contribution in [1.82, 2.24) is 9.80 Å². The van der Waals surface area contributed by atoms with E-state index in [0.717, 1.165) is 25.7 Å². The Hall–Kier alpha value is -1.14. The smallest absolute Gasteiger partial charge is 0.254 e. The van der Waals surface area contributed by atoms with Crippen LogP contribution in [0.1, 0.15) is 46.5 Å². The van der Waals surface area contributed by atoms with E-state index in [1.807, 2.05) is 30.6 Å². The lowest BCUT2D eigenvalue weighted by molar-refractivity contribution is -0.155. The summed E-state index contributed by atoms with van der Waals surface area (Å²) in [5, 5.41) is 0. The second-order valence-electron chi connectivity index (χ2n) is 7.45. The van der Waals surface area contributed by atoms with Gasteiger partial charge in [0, 0.05) is 39.9 Å². The number of hydrogen-bond donors (Lipinski definition) is 0. The Kier molecular flexibility index (Phi) is 6.26. The minimum absolute atomic E-state index is 0.00824. The van der Waals surface area contributed by atoms with Crippen LogP contribution < -0.4 is 0 Å². The fourth-order valence-corrected chi connectivity index (χ4v) is 3.76. The van der Waals surface area contributed by atoms with Crippen molar-refractivity contribution in [3.05, 3.63) is 0 Å². The summed E-state index contributed by atoms with van der Waals surface area (Å²) < 4.78 is 10.9. The highest BCUT2D eigenvalue weighted by molar-refractivity contribution is 5.85. The monoisotopic (exact) mass is 340 g/mol. The largest absolute Gasteiger partial charge is 0.384 e. The van der Waals surface area contributed by atoms with Crippen molar-refractivity contribution in [2.24, 2.45) is 5.41 Å². The van der Waals surface area contributed by atoms with Crippen LogP contribution in [0.15, 0.2) is 0 Å². The SMILES string of the molecule is CCOC(C)(C)C(=O)N1CCCN(C(=O)C2(COC)CCC2)CC1. The van der Waals surface area contributed by atoms with E-state index in [1.54, 1.807) is 7.11 Å². The topological polar surface area (TPSA) is 59.1 Å². The number of amides is 2. The molecule has 6 heteroatoms. The number of nitrogens with zero attached hydrogens (tertiary/aromatic N) is 2. The quantitative estimate of drug-likeness (QED) is 0.738. The third-order valence-electron chi connectivity index (χ3n) is 5.28. The molecule has 2 aliphatic rings. The zero-order valence-electron chi connectivity index (χ0n) is 15.6. The van der Waals surface area contributed by atoms with Crippen LogP contribution in [0.5, 0.6) is 0 Å². The Labute approximate surface area is 145 Å². The molecule has 0 atom stereocenters. The lowest BCUT2D eigenvalue weighted by Crippen LogP contribution is -2.52. The predicted molar refractivity (Wildman–Crippen MR) is 91.6 cm³/mol. The summed E-state index contributed by atoms with van der Waals surface area (Å²) in [7, 11) is 1.66. The number of ether oxygens (including phenoxy) is 2. The fourth-order valence-electron chi connectivity index (χ4n) is 3.76. The molecule has 1 heterocycles. The molecule has 0 bridgehead atoms. The van der Waals surface area contributed by atoms with Crippen LogP contribution >= 0.6 is 0 Å². The molecule has 1 aliphatic carbocycles. The molecule has 0 N–H and O–H groups in total. The average molecular weight is 340 g/mol. The molecular weight excluding hydrogens is 308 g/mol. The van der Waals surface area contributed by atoms with Gasteiger partial charge in [0.2, 0.25) is 5.91 Å². The van der Waals surface area contributed by atoms with Crippen molar-refractivity contribution in [2.45, 2.75) is 52.1 Å². The summed E-state index contributed by atoms with van der Waals surface area (Å²) in [5.41, 5.74) is -1.13. The normalized spacial score (nSPS) is 21.2. The van der Waals surface area contributed by atoms with Gasteiger partial charge in [-0.2, -0.15) is 0 Å². The van der Waals surface area contributed by atoms with Gasteiger partial charge in [0.05, 0.1) is 12.0 Å². The lowest BCUT2D eigenvalue weighted by atomic mass is 9.68. The maximum atomic E-state index is 12.9. The molecule has 0 unspecified atom stereocenters. The van der Waals surface area contributed by atoms with Crippen LogP contribution in [0.4, 0.5) is 0 Å². The van der Waals surface area contributed by atoms with Gasteiger partial charge in [-0.15, -0.1) is 0 Å². The van der Waals surface area contributed by atoms with Crippen LogP contribution in [0.3, 0.4) is 0 Å². The summed E-state index contributed by atoms with van der Waals surface area (Å²) in [4.78, 5) is 29.4. The average Bonchev–Trinajstić information content (AvgIpc) is 2.75. The lowest BCUT2D eigenvalue weighted by Gasteiger charge is -2.42. The van der Waals surface area contributed by atoms with Gasteiger partial charge in [-0.25, -0.2) is 0 Å². The van der Waals surface area contributed by atoms with Crippen molar-refractivity contribution in [2.75, 3.05) is 46.5 Å². The van der Waals surface area contributed by atoms with E-state index in [9.17, 15) is 9.59 Å². The first-order chi connectivity index (χ1) is 11.4. The first kappa shape index (κ1) is 19.2. The molecule has 0 aromatic carbocycles. The molecule has 1 saturated carbocycles. The van der Waals surface area contributed by atoms with Gasteiger partial charge in [0.25, 0.3) is 5.91 Å². The Balaban J connectivity index is 1.97. The highest BCUT2D eigenvalue weighted by Gasteiger charge is 2.46. The number of carbonyl (C=O) groups excluding carboxylic acids is 2. The molecular formula is C18H32N2O4. The highest BCUT2D eigenvalue weighted by Crippen LogP contribution is 2.42.